The summed E-state index contributed by atoms with van der Waals surface area (Å²) in [5, 5.41) is 41.2. The molecule has 0 aliphatic carbocycles. The maximum absolute atomic E-state index is 12.0. The summed E-state index contributed by atoms with van der Waals surface area (Å²) in [6, 6.07) is -0.440. The van der Waals surface area contributed by atoms with Crippen LogP contribution < -0.4 is 5.32 Å². The van der Waals surface area contributed by atoms with Crippen LogP contribution >= 0.6 is 0 Å². The summed E-state index contributed by atoms with van der Waals surface area (Å²) in [5.74, 6) is -0.236. The lowest BCUT2D eigenvalue weighted by molar-refractivity contribution is -0.301. The van der Waals surface area contributed by atoms with Crippen molar-refractivity contribution in [2.75, 3.05) is 13.2 Å². The molecular weight excluding hydrogens is 370 g/mol. The number of hydrogen-bond acceptors (Lipinski definition) is 8. The molecule has 0 aromatic heterocycles. The van der Waals surface area contributed by atoms with Gasteiger partial charge >= 0.3 is 0 Å². The van der Waals surface area contributed by atoms with Gasteiger partial charge in [0.15, 0.2) is 12.1 Å². The maximum atomic E-state index is 12.0. The number of aliphatic hydroxyl groups is 4. The van der Waals surface area contributed by atoms with E-state index < -0.39 is 43.4 Å². The number of carbonyl (C=O) groups excluding carboxylic acids is 2. The van der Waals surface area contributed by atoms with Gasteiger partial charge in [0, 0.05) is 13.0 Å². The van der Waals surface area contributed by atoms with Crippen LogP contribution in [0, 0.1) is 0 Å². The highest BCUT2D eigenvalue weighted by Gasteiger charge is 2.43. The second-order valence-electron chi connectivity index (χ2n) is 7.25. The van der Waals surface area contributed by atoms with E-state index in [1.165, 1.54) is 6.92 Å². The molecule has 6 atom stereocenters. The van der Waals surface area contributed by atoms with Gasteiger partial charge in [-0.1, -0.05) is 26.2 Å². The van der Waals surface area contributed by atoms with Crippen molar-refractivity contribution in [1.29, 1.82) is 0 Å². The SMILES string of the molecule is CCCCC[C@H](NC(=O)CCCCOC1OC(CO)C(O)C(O)C1O)C(C)=O. The number of carbonyl (C=O) groups is 2. The van der Waals surface area contributed by atoms with E-state index in [1.807, 2.05) is 0 Å². The van der Waals surface area contributed by atoms with Crippen molar-refractivity contribution in [1.82, 2.24) is 5.32 Å². The minimum Gasteiger partial charge on any atom is -0.394 e. The van der Waals surface area contributed by atoms with E-state index >= 15 is 0 Å². The van der Waals surface area contributed by atoms with Crippen molar-refractivity contribution < 1.29 is 39.5 Å². The standard InChI is InChI=1S/C19H35NO8/c1-3-4-5-8-13(12(2)22)20-15(23)9-6-7-10-27-19-18(26)17(25)16(24)14(11-21)28-19/h13-14,16-19,21,24-26H,3-11H2,1-2H3,(H,20,23)/t13-,14?,16?,17?,18?,19?/m0/s1. The second kappa shape index (κ2) is 13.2. The molecule has 28 heavy (non-hydrogen) atoms. The van der Waals surface area contributed by atoms with Crippen molar-refractivity contribution in [3.05, 3.63) is 0 Å². The molecule has 0 aromatic carbocycles. The van der Waals surface area contributed by atoms with Crippen molar-refractivity contribution in [2.24, 2.45) is 0 Å². The fourth-order valence-electron chi connectivity index (χ4n) is 3.03. The van der Waals surface area contributed by atoms with Gasteiger partial charge in [0.25, 0.3) is 0 Å². The van der Waals surface area contributed by atoms with Crippen LogP contribution in [-0.2, 0) is 19.1 Å². The number of amides is 1. The summed E-state index contributed by atoms with van der Waals surface area (Å²) in [7, 11) is 0. The molecule has 1 saturated heterocycles. The van der Waals surface area contributed by atoms with Crippen LogP contribution in [0.2, 0.25) is 0 Å². The Morgan fingerprint density at radius 1 is 1.07 bits per heavy atom. The zero-order valence-corrected chi connectivity index (χ0v) is 16.7. The Bertz CT molecular complexity index is 473. The number of rotatable bonds is 13. The molecule has 9 nitrogen and oxygen atoms in total. The summed E-state index contributed by atoms with van der Waals surface area (Å²) in [4.78, 5) is 23.6. The van der Waals surface area contributed by atoms with E-state index in [9.17, 15) is 24.9 Å². The van der Waals surface area contributed by atoms with Gasteiger partial charge in [-0.25, -0.2) is 0 Å². The molecule has 9 heteroatoms. The molecule has 164 valence electrons. The summed E-state index contributed by atoms with van der Waals surface area (Å²) in [5.41, 5.74) is 0. The van der Waals surface area contributed by atoms with Crippen LogP contribution in [0.1, 0.15) is 58.8 Å². The Morgan fingerprint density at radius 3 is 2.39 bits per heavy atom. The number of nitrogens with one attached hydrogen (secondary N) is 1. The minimum absolute atomic E-state index is 0.0459. The number of Topliss-reactive ketones (excluding diaryl/α,β-unsaturated/α-hetero) is 1. The van der Waals surface area contributed by atoms with Crippen molar-refractivity contribution in [3.63, 3.8) is 0 Å². The Balaban J connectivity index is 2.27. The molecule has 1 fully saturated rings. The van der Waals surface area contributed by atoms with Crippen LogP contribution in [0.5, 0.6) is 0 Å². The largest absolute Gasteiger partial charge is 0.394 e. The number of unbranched alkanes of at least 4 members (excludes halogenated alkanes) is 3. The van der Waals surface area contributed by atoms with Crippen LogP contribution in [0.25, 0.3) is 0 Å². The molecule has 1 heterocycles. The number of ketones is 1. The van der Waals surface area contributed by atoms with Gasteiger partial charge in [0.1, 0.15) is 24.4 Å². The van der Waals surface area contributed by atoms with Gasteiger partial charge in [-0.05, 0) is 26.2 Å². The number of ether oxygens (including phenoxy) is 2. The monoisotopic (exact) mass is 405 g/mol. The van der Waals surface area contributed by atoms with Gasteiger partial charge in [-0.3, -0.25) is 9.59 Å². The Hall–Kier alpha value is -1.10. The molecule has 0 aromatic rings. The fourth-order valence-corrected chi connectivity index (χ4v) is 3.03. The molecule has 0 saturated carbocycles. The van der Waals surface area contributed by atoms with Crippen LogP contribution in [0.4, 0.5) is 0 Å². The first-order valence-corrected chi connectivity index (χ1v) is 10.0. The lowest BCUT2D eigenvalue weighted by Gasteiger charge is -2.39. The molecule has 5 N–H and O–H groups in total. The van der Waals surface area contributed by atoms with Crippen LogP contribution in [0.15, 0.2) is 0 Å². The Kier molecular flexibility index (Phi) is 11.7. The predicted molar refractivity (Wildman–Crippen MR) is 100 cm³/mol. The van der Waals surface area contributed by atoms with Gasteiger partial charge < -0.3 is 35.2 Å². The maximum Gasteiger partial charge on any atom is 0.220 e. The van der Waals surface area contributed by atoms with Gasteiger partial charge in [-0.15, -0.1) is 0 Å². The Labute approximate surface area is 166 Å². The zero-order chi connectivity index (χ0) is 21.1. The minimum atomic E-state index is -1.47. The quantitative estimate of drug-likeness (QED) is 0.261. The van der Waals surface area contributed by atoms with E-state index in [0.717, 1.165) is 19.3 Å². The van der Waals surface area contributed by atoms with Crippen molar-refractivity contribution in [3.8, 4) is 0 Å². The average molecular weight is 405 g/mol. The van der Waals surface area contributed by atoms with E-state index in [2.05, 4.69) is 12.2 Å². The molecule has 1 aliphatic heterocycles. The lowest BCUT2D eigenvalue weighted by Crippen LogP contribution is -2.59. The van der Waals surface area contributed by atoms with E-state index in [-0.39, 0.29) is 24.7 Å². The summed E-state index contributed by atoms with van der Waals surface area (Å²) in [6.45, 7) is 3.21. The van der Waals surface area contributed by atoms with Crippen LogP contribution in [-0.4, -0.2) is 82.1 Å². The summed E-state index contributed by atoms with van der Waals surface area (Å²) < 4.78 is 10.6. The van der Waals surface area contributed by atoms with Gasteiger partial charge in [0.2, 0.25) is 5.91 Å². The predicted octanol–water partition coefficient (Wildman–Crippen LogP) is -0.373. The molecule has 1 aliphatic rings. The van der Waals surface area contributed by atoms with Gasteiger partial charge in [-0.2, -0.15) is 0 Å². The molecule has 0 bridgehead atoms. The zero-order valence-electron chi connectivity index (χ0n) is 16.7. The van der Waals surface area contributed by atoms with Crippen LogP contribution in [0.3, 0.4) is 0 Å². The van der Waals surface area contributed by atoms with Gasteiger partial charge in [0.05, 0.1) is 12.6 Å². The molecule has 1 amide bonds. The highest BCUT2D eigenvalue weighted by atomic mass is 16.7. The van der Waals surface area contributed by atoms with Crippen molar-refractivity contribution in [2.45, 2.75) is 95.5 Å². The third-order valence-corrected chi connectivity index (χ3v) is 4.85. The highest BCUT2D eigenvalue weighted by molar-refractivity contribution is 5.87. The molecule has 5 unspecified atom stereocenters. The first kappa shape index (κ1) is 24.9. The summed E-state index contributed by atoms with van der Waals surface area (Å²) in [6.07, 6.45) is -1.61. The lowest BCUT2D eigenvalue weighted by atomic mass is 9.99. The van der Waals surface area contributed by atoms with Crippen molar-refractivity contribution >= 4 is 11.7 Å². The van der Waals surface area contributed by atoms with E-state index in [4.69, 9.17) is 14.6 Å². The Morgan fingerprint density at radius 2 is 1.79 bits per heavy atom. The molecular formula is C19H35NO8. The average Bonchev–Trinajstić information content (AvgIpc) is 2.66. The molecule has 0 radical (unpaired) electrons. The topological polar surface area (TPSA) is 146 Å². The molecule has 0 spiro atoms. The second-order valence-corrected chi connectivity index (χ2v) is 7.25. The summed E-state index contributed by atoms with van der Waals surface area (Å²) >= 11 is 0. The fraction of sp³-hybridized carbons (Fsp3) is 0.895. The third-order valence-electron chi connectivity index (χ3n) is 4.85. The molecule has 1 rings (SSSR count). The first-order valence-electron chi connectivity index (χ1n) is 10.0. The first-order chi connectivity index (χ1) is 13.3. The van der Waals surface area contributed by atoms with E-state index in [0.29, 0.717) is 19.3 Å². The smallest absolute Gasteiger partial charge is 0.220 e. The number of hydrogen-bond donors (Lipinski definition) is 5. The number of aliphatic hydroxyl groups excluding tert-OH is 4. The third kappa shape index (κ3) is 8.10. The normalized spacial score (nSPS) is 28.7. The van der Waals surface area contributed by atoms with E-state index in [1.54, 1.807) is 0 Å². The highest BCUT2D eigenvalue weighted by Crippen LogP contribution is 2.22.